The molecule has 0 bridgehead atoms. The molecule has 0 N–H and O–H groups in total. The van der Waals surface area contributed by atoms with Crippen LogP contribution in [0.5, 0.6) is 0 Å². The predicted octanol–water partition coefficient (Wildman–Crippen LogP) is 10.7. The maximum Gasteiger partial charge on any atom is 1.00 e. The third-order valence-corrected chi connectivity index (χ3v) is 5.08. The Morgan fingerprint density at radius 2 is 0.720 bits per heavy atom. The second-order valence-electron chi connectivity index (χ2n) is 8.11. The summed E-state index contributed by atoms with van der Waals surface area (Å²) in [6, 6.07) is 0. The van der Waals surface area contributed by atoms with Gasteiger partial charge in [0.05, 0.1) is 0 Å². The van der Waals surface area contributed by atoms with Gasteiger partial charge in [-0.25, -0.2) is 48.9 Å². The SMILES string of the molecule is C=C.Fc1c(F)c(F)c(N=C(N=C([N-]c2c(F)c(F)c(F)c(F)c2F)C(F)(F)C(F)(F)C(F)(F)F)C(F)(F)C(F)(F)C(F)(F)F)c(F)c1F.[Cu+]. The Bertz CT molecular complexity index is 1600. The number of aliphatic imine (C=N–C) groups is 2. The molecule has 0 radical (unpaired) electrons. The van der Waals surface area contributed by atoms with E-state index in [1.54, 1.807) is 0 Å². The van der Waals surface area contributed by atoms with Crippen LogP contribution in [0.25, 0.3) is 5.32 Å². The van der Waals surface area contributed by atoms with Crippen molar-refractivity contribution in [3.8, 4) is 0 Å². The van der Waals surface area contributed by atoms with E-state index >= 15 is 0 Å². The van der Waals surface area contributed by atoms with Gasteiger partial charge in [0.2, 0.25) is 11.6 Å². The molecule has 2 aromatic carbocycles. The number of nitrogens with zero attached hydrogens (tertiary/aromatic N) is 3. The maximum atomic E-state index is 14.5. The van der Waals surface area contributed by atoms with Gasteiger partial charge in [-0.1, -0.05) is 0 Å². The molecule has 50 heavy (non-hydrogen) atoms. The van der Waals surface area contributed by atoms with Crippen molar-refractivity contribution in [1.29, 1.82) is 0 Å². The monoisotopic (exact) mass is 829 g/mol. The van der Waals surface area contributed by atoms with E-state index in [1.165, 1.54) is 10.3 Å². The molecule has 286 valence electrons. The molecule has 0 fully saturated rings. The largest absolute Gasteiger partial charge is 1.00 e. The molecule has 0 saturated carbocycles. The standard InChI is InChI=1S/C20F24N3.C2H4.Cu/c21-1-3(23)7(27)11(8(28)4(1)24)45-13(15(31,32)17(35,36)19(39,40)41)47-14(16(33,34)18(37,38)20(42,43)44)46-12-9(29)5(25)2(22)6(26)10(12)30;1-2;/h;1-2H2;/q-1;;+1. The van der Waals surface area contributed by atoms with E-state index in [1.807, 2.05) is 0 Å². The van der Waals surface area contributed by atoms with Crippen molar-refractivity contribution in [2.75, 3.05) is 0 Å². The molecule has 0 aromatic heterocycles. The molecular formula is C22H4CuF24N3. The number of rotatable bonds is 6. The van der Waals surface area contributed by atoms with Crippen molar-refractivity contribution in [2.24, 2.45) is 9.98 Å². The van der Waals surface area contributed by atoms with Crippen LogP contribution >= 0.6 is 0 Å². The van der Waals surface area contributed by atoms with Gasteiger partial charge < -0.3 is 10.3 Å². The molecule has 0 unspecified atom stereocenters. The Morgan fingerprint density at radius 1 is 0.440 bits per heavy atom. The zero-order valence-electron chi connectivity index (χ0n) is 22.1. The molecule has 3 nitrogen and oxygen atoms in total. The fraction of sp³-hybridized carbons (Fsp3) is 0.273. The summed E-state index contributed by atoms with van der Waals surface area (Å²) in [5.74, 6) is -75.2. The van der Waals surface area contributed by atoms with Gasteiger partial charge in [-0.05, 0) is 5.84 Å². The van der Waals surface area contributed by atoms with Crippen molar-refractivity contribution in [3.63, 3.8) is 0 Å². The van der Waals surface area contributed by atoms with Crippen molar-refractivity contribution < 1.29 is 122 Å². The molecule has 2 rings (SSSR count). The van der Waals surface area contributed by atoms with Gasteiger partial charge in [0.25, 0.3) is 0 Å². The minimum absolute atomic E-state index is 0. The fourth-order valence-corrected chi connectivity index (χ4v) is 2.66. The minimum atomic E-state index is -7.97. The summed E-state index contributed by atoms with van der Waals surface area (Å²) in [5.41, 5.74) is -6.86. The Labute approximate surface area is 268 Å². The number of benzene rings is 2. The zero-order chi connectivity index (χ0) is 39.2. The third kappa shape index (κ3) is 7.58. The van der Waals surface area contributed by atoms with Crippen molar-refractivity contribution >= 4 is 23.0 Å². The molecular weight excluding hydrogens is 826 g/mol. The van der Waals surface area contributed by atoms with Gasteiger partial charge in [-0.3, -0.25) is 0 Å². The van der Waals surface area contributed by atoms with Crippen LogP contribution in [0.4, 0.5) is 117 Å². The van der Waals surface area contributed by atoms with Gasteiger partial charge in [0, 0.05) is 5.69 Å². The van der Waals surface area contributed by atoms with Gasteiger partial charge in [0.15, 0.2) is 46.5 Å². The molecule has 0 atom stereocenters. The molecule has 0 aliphatic heterocycles. The van der Waals surface area contributed by atoms with Gasteiger partial charge in [-0.15, -0.1) is 13.2 Å². The number of hydrogen-bond acceptors (Lipinski definition) is 1. The van der Waals surface area contributed by atoms with E-state index in [0.29, 0.717) is 0 Å². The normalized spacial score (nSPS) is 13.8. The van der Waals surface area contributed by atoms with E-state index in [9.17, 15) is 105 Å². The molecule has 2 aromatic rings. The molecule has 0 heterocycles. The Morgan fingerprint density at radius 3 is 1.04 bits per heavy atom. The molecule has 0 amide bonds. The van der Waals surface area contributed by atoms with Gasteiger partial charge >= 0.3 is 53.1 Å². The molecule has 0 saturated heterocycles. The first kappa shape index (κ1) is 46.2. The smallest absolute Gasteiger partial charge is 0.430 e. The topological polar surface area (TPSA) is 38.8 Å². The zero-order valence-corrected chi connectivity index (χ0v) is 23.1. The minimum Gasteiger partial charge on any atom is -0.430 e. The summed E-state index contributed by atoms with van der Waals surface area (Å²) in [4.78, 5) is 2.29. The third-order valence-electron chi connectivity index (χ3n) is 5.08. The average molecular weight is 830 g/mol. The summed E-state index contributed by atoms with van der Waals surface area (Å²) < 4.78 is 326. The molecule has 0 aliphatic carbocycles. The average Bonchev–Trinajstić information content (AvgIpc) is 2.99. The molecule has 0 spiro atoms. The van der Waals surface area contributed by atoms with Crippen LogP contribution in [0.3, 0.4) is 0 Å². The van der Waals surface area contributed by atoms with Crippen LogP contribution in [0, 0.1) is 58.2 Å². The van der Waals surface area contributed by atoms with Crippen molar-refractivity contribution in [3.05, 3.63) is 76.6 Å². The van der Waals surface area contributed by atoms with Crippen LogP contribution in [-0.4, -0.2) is 47.7 Å². The van der Waals surface area contributed by atoms with Crippen LogP contribution in [0.1, 0.15) is 0 Å². The van der Waals surface area contributed by atoms with E-state index in [4.69, 9.17) is 0 Å². The maximum absolute atomic E-state index is 14.5. The van der Waals surface area contributed by atoms with Crippen molar-refractivity contribution in [1.82, 2.24) is 0 Å². The summed E-state index contributed by atoms with van der Waals surface area (Å²) in [6.07, 6.45) is -15.5. The van der Waals surface area contributed by atoms with E-state index in [-0.39, 0.29) is 17.1 Å². The van der Waals surface area contributed by atoms with Crippen molar-refractivity contribution in [2.45, 2.75) is 36.0 Å². The first-order chi connectivity index (χ1) is 21.8. The summed E-state index contributed by atoms with van der Waals surface area (Å²) in [7, 11) is 0. The van der Waals surface area contributed by atoms with Crippen LogP contribution < -0.4 is 0 Å². The predicted molar refractivity (Wildman–Crippen MR) is 113 cm³/mol. The number of halogens is 24. The van der Waals surface area contributed by atoms with Gasteiger partial charge in [0.1, 0.15) is 11.5 Å². The molecule has 28 heteroatoms. The number of hydrogen-bond donors (Lipinski definition) is 0. The van der Waals surface area contributed by atoms with Crippen LogP contribution in [-0.2, 0) is 17.1 Å². The fourth-order valence-electron chi connectivity index (χ4n) is 2.66. The molecule has 0 aliphatic rings. The summed E-state index contributed by atoms with van der Waals surface area (Å²) in [5, 5.41) is 1.29. The second-order valence-corrected chi connectivity index (χ2v) is 8.11. The first-order valence-electron chi connectivity index (χ1n) is 10.9. The summed E-state index contributed by atoms with van der Waals surface area (Å²) >= 11 is 0. The quantitative estimate of drug-likeness (QED) is 0.0529. The van der Waals surface area contributed by atoms with E-state index in [2.05, 4.69) is 13.2 Å². The van der Waals surface area contributed by atoms with Crippen LogP contribution in [0.15, 0.2) is 23.1 Å². The first-order valence-corrected chi connectivity index (χ1v) is 10.9. The van der Waals surface area contributed by atoms with E-state index < -0.39 is 117 Å². The number of amidine groups is 2. The number of alkyl halides is 14. The Kier molecular flexibility index (Phi) is 13.7. The Hall–Kier alpha value is -3.84. The second kappa shape index (κ2) is 14.8. The Balaban J connectivity index is 0.00000785. The van der Waals surface area contributed by atoms with E-state index in [0.717, 1.165) is 4.99 Å². The van der Waals surface area contributed by atoms with Crippen LogP contribution in [0.2, 0.25) is 0 Å². The summed E-state index contributed by atoms with van der Waals surface area (Å²) in [6.45, 7) is 6.00. The van der Waals surface area contributed by atoms with Gasteiger partial charge in [-0.2, -0.15) is 61.5 Å².